The molecule has 0 aliphatic carbocycles. The largest absolute Gasteiger partial charge is 0.455 e. The summed E-state index contributed by atoms with van der Waals surface area (Å²) in [6.07, 6.45) is 0. The summed E-state index contributed by atoms with van der Waals surface area (Å²) in [7, 11) is 0. The van der Waals surface area contributed by atoms with Gasteiger partial charge in [0.15, 0.2) is 18.2 Å². The van der Waals surface area contributed by atoms with Gasteiger partial charge in [-0.3, -0.25) is 4.79 Å². The summed E-state index contributed by atoms with van der Waals surface area (Å²) in [5.41, 5.74) is 6.95. The first kappa shape index (κ1) is 19.3. The van der Waals surface area contributed by atoms with Crippen molar-refractivity contribution >= 4 is 29.0 Å². The number of oxime groups is 1. The highest BCUT2D eigenvalue weighted by molar-refractivity contribution is 6.31. The number of anilines is 1. The molecule has 3 rings (SSSR count). The second kappa shape index (κ2) is 9.43. The molecule has 7 heteroatoms. The smallest absolute Gasteiger partial charge is 0.265 e. The number of carbonyl (C=O) groups excluding carboxylic acids is 1. The van der Waals surface area contributed by atoms with Crippen LogP contribution in [-0.4, -0.2) is 18.3 Å². The fraction of sp³-hybridized carbons (Fsp3) is 0.0476. The van der Waals surface area contributed by atoms with Gasteiger partial charge in [-0.15, -0.1) is 0 Å². The summed E-state index contributed by atoms with van der Waals surface area (Å²) in [6.45, 7) is -0.315. The Balaban J connectivity index is 1.63. The molecule has 0 aliphatic rings. The number of rotatable bonds is 7. The van der Waals surface area contributed by atoms with Gasteiger partial charge in [-0.2, -0.15) is 0 Å². The molecule has 0 saturated carbocycles. The molecular formula is C21H18ClN3O3. The van der Waals surface area contributed by atoms with Gasteiger partial charge in [-0.1, -0.05) is 65.3 Å². The van der Waals surface area contributed by atoms with Gasteiger partial charge < -0.3 is 20.6 Å². The molecule has 0 radical (unpaired) electrons. The molecule has 142 valence electrons. The molecule has 0 saturated heterocycles. The van der Waals surface area contributed by atoms with Gasteiger partial charge in [-0.05, 0) is 30.3 Å². The second-order valence-electron chi connectivity index (χ2n) is 5.72. The van der Waals surface area contributed by atoms with Crippen LogP contribution in [0.2, 0.25) is 5.02 Å². The SMILES string of the molecule is N/C(=N/OCC(=O)Nc1cc(Cl)ccc1Oc1ccccc1)c1ccccc1. The van der Waals surface area contributed by atoms with Crippen LogP contribution in [0.15, 0.2) is 84.0 Å². The molecule has 0 atom stereocenters. The Bertz CT molecular complexity index is 963. The number of hydrogen-bond donors (Lipinski definition) is 2. The molecule has 1 amide bonds. The summed E-state index contributed by atoms with van der Waals surface area (Å²) < 4.78 is 5.80. The number of nitrogens with one attached hydrogen (secondary N) is 1. The number of nitrogens with zero attached hydrogens (tertiary/aromatic N) is 1. The molecule has 0 bridgehead atoms. The van der Waals surface area contributed by atoms with Crippen LogP contribution in [0, 0.1) is 0 Å². The van der Waals surface area contributed by atoms with Crippen molar-refractivity contribution in [3.63, 3.8) is 0 Å². The summed E-state index contributed by atoms with van der Waals surface area (Å²) >= 11 is 6.04. The van der Waals surface area contributed by atoms with Crippen LogP contribution in [0.25, 0.3) is 0 Å². The minimum atomic E-state index is -0.426. The number of nitrogens with two attached hydrogens (primary N) is 1. The Hall–Kier alpha value is -3.51. The minimum absolute atomic E-state index is 0.184. The Kier molecular flexibility index (Phi) is 6.49. The van der Waals surface area contributed by atoms with Gasteiger partial charge in [0.25, 0.3) is 5.91 Å². The maximum absolute atomic E-state index is 12.2. The van der Waals surface area contributed by atoms with E-state index in [0.29, 0.717) is 27.8 Å². The quantitative estimate of drug-likeness (QED) is 0.352. The zero-order valence-electron chi connectivity index (χ0n) is 14.8. The van der Waals surface area contributed by atoms with Crippen LogP contribution in [-0.2, 0) is 9.63 Å². The monoisotopic (exact) mass is 395 g/mol. The van der Waals surface area contributed by atoms with E-state index in [1.807, 2.05) is 48.5 Å². The standard InChI is InChI=1S/C21H18ClN3O3/c22-16-11-12-19(28-17-9-5-2-6-10-17)18(13-16)24-20(26)14-27-25-21(23)15-7-3-1-4-8-15/h1-13H,14H2,(H2,23,25)(H,24,26). The summed E-state index contributed by atoms with van der Waals surface area (Å²) in [5.74, 6) is 0.849. The topological polar surface area (TPSA) is 85.9 Å². The van der Waals surface area contributed by atoms with Crippen LogP contribution in [0.3, 0.4) is 0 Å². The van der Waals surface area contributed by atoms with E-state index in [4.69, 9.17) is 26.9 Å². The molecular weight excluding hydrogens is 378 g/mol. The van der Waals surface area contributed by atoms with Gasteiger partial charge >= 0.3 is 0 Å². The molecule has 0 spiro atoms. The Morgan fingerprint density at radius 3 is 2.39 bits per heavy atom. The number of carbonyl (C=O) groups is 1. The van der Waals surface area contributed by atoms with Crippen LogP contribution < -0.4 is 15.8 Å². The van der Waals surface area contributed by atoms with Crippen molar-refractivity contribution in [2.75, 3.05) is 11.9 Å². The minimum Gasteiger partial charge on any atom is -0.455 e. The lowest BCUT2D eigenvalue weighted by atomic mass is 10.2. The molecule has 3 aromatic rings. The van der Waals surface area contributed by atoms with Crippen LogP contribution >= 0.6 is 11.6 Å². The summed E-state index contributed by atoms with van der Waals surface area (Å²) in [6, 6.07) is 23.3. The van der Waals surface area contributed by atoms with Crippen molar-refractivity contribution in [2.24, 2.45) is 10.9 Å². The van der Waals surface area contributed by atoms with E-state index < -0.39 is 5.91 Å². The third-order valence-electron chi connectivity index (χ3n) is 3.61. The van der Waals surface area contributed by atoms with Gasteiger partial charge in [0.2, 0.25) is 0 Å². The summed E-state index contributed by atoms with van der Waals surface area (Å²) in [4.78, 5) is 17.3. The van der Waals surface area contributed by atoms with Crippen LogP contribution in [0.5, 0.6) is 11.5 Å². The lowest BCUT2D eigenvalue weighted by molar-refractivity contribution is -0.120. The fourth-order valence-electron chi connectivity index (χ4n) is 2.31. The van der Waals surface area contributed by atoms with E-state index in [2.05, 4.69) is 10.5 Å². The normalized spacial score (nSPS) is 11.0. The first-order valence-electron chi connectivity index (χ1n) is 8.45. The molecule has 3 aromatic carbocycles. The number of para-hydroxylation sites is 1. The predicted octanol–water partition coefficient (Wildman–Crippen LogP) is 4.41. The molecule has 3 N–H and O–H groups in total. The van der Waals surface area contributed by atoms with Crippen LogP contribution in [0.4, 0.5) is 5.69 Å². The van der Waals surface area contributed by atoms with Gasteiger partial charge in [0.05, 0.1) is 5.69 Å². The van der Waals surface area contributed by atoms with Crippen molar-refractivity contribution in [3.05, 3.63) is 89.4 Å². The van der Waals surface area contributed by atoms with Crippen molar-refractivity contribution in [1.82, 2.24) is 0 Å². The van der Waals surface area contributed by atoms with E-state index in [9.17, 15) is 4.79 Å². The molecule has 0 unspecified atom stereocenters. The lowest BCUT2D eigenvalue weighted by Gasteiger charge is -2.12. The first-order chi connectivity index (χ1) is 13.6. The van der Waals surface area contributed by atoms with Crippen molar-refractivity contribution in [2.45, 2.75) is 0 Å². The maximum atomic E-state index is 12.2. The number of ether oxygens (including phenoxy) is 1. The zero-order valence-corrected chi connectivity index (χ0v) is 15.6. The van der Waals surface area contributed by atoms with Crippen LogP contribution in [0.1, 0.15) is 5.56 Å². The number of amides is 1. The number of amidine groups is 1. The molecule has 0 fully saturated rings. The van der Waals surface area contributed by atoms with Gasteiger partial charge in [0.1, 0.15) is 5.75 Å². The Morgan fingerprint density at radius 2 is 1.68 bits per heavy atom. The fourth-order valence-corrected chi connectivity index (χ4v) is 2.48. The third-order valence-corrected chi connectivity index (χ3v) is 3.85. The predicted molar refractivity (Wildman–Crippen MR) is 110 cm³/mol. The highest BCUT2D eigenvalue weighted by atomic mass is 35.5. The Labute approximate surface area is 167 Å². The number of hydrogen-bond acceptors (Lipinski definition) is 4. The van der Waals surface area contributed by atoms with E-state index in [1.165, 1.54) is 0 Å². The summed E-state index contributed by atoms with van der Waals surface area (Å²) in [5, 5.41) is 6.92. The number of halogens is 1. The van der Waals surface area contributed by atoms with Gasteiger partial charge in [0, 0.05) is 10.6 Å². The average Bonchev–Trinajstić information content (AvgIpc) is 2.71. The van der Waals surface area contributed by atoms with Crippen molar-refractivity contribution < 1.29 is 14.4 Å². The number of benzene rings is 3. The molecule has 28 heavy (non-hydrogen) atoms. The molecule has 6 nitrogen and oxygen atoms in total. The lowest BCUT2D eigenvalue weighted by Crippen LogP contribution is -2.19. The molecule has 0 aliphatic heterocycles. The second-order valence-corrected chi connectivity index (χ2v) is 6.16. The zero-order chi connectivity index (χ0) is 19.8. The average molecular weight is 396 g/mol. The van der Waals surface area contributed by atoms with E-state index in [-0.39, 0.29) is 12.4 Å². The highest BCUT2D eigenvalue weighted by Crippen LogP contribution is 2.31. The molecule has 0 aromatic heterocycles. The van der Waals surface area contributed by atoms with E-state index in [0.717, 1.165) is 0 Å². The third kappa shape index (κ3) is 5.49. The van der Waals surface area contributed by atoms with Crippen molar-refractivity contribution in [1.29, 1.82) is 0 Å². The maximum Gasteiger partial charge on any atom is 0.265 e. The highest BCUT2D eigenvalue weighted by Gasteiger charge is 2.11. The Morgan fingerprint density at radius 1 is 1.00 bits per heavy atom. The van der Waals surface area contributed by atoms with Gasteiger partial charge in [-0.25, -0.2) is 0 Å². The first-order valence-corrected chi connectivity index (χ1v) is 8.83. The van der Waals surface area contributed by atoms with Crippen molar-refractivity contribution in [3.8, 4) is 11.5 Å². The van der Waals surface area contributed by atoms with E-state index >= 15 is 0 Å². The van der Waals surface area contributed by atoms with E-state index in [1.54, 1.807) is 30.3 Å². The molecule has 0 heterocycles.